The first-order valence-corrected chi connectivity index (χ1v) is 13.6. The van der Waals surface area contributed by atoms with E-state index in [0.717, 1.165) is 28.1 Å². The topological polar surface area (TPSA) is 38.7 Å². The van der Waals surface area contributed by atoms with Gasteiger partial charge in [0.05, 0.1) is 0 Å². The molecule has 0 saturated carbocycles. The molecule has 0 fully saturated rings. The lowest BCUT2D eigenvalue weighted by atomic mass is 9.95. The summed E-state index contributed by atoms with van der Waals surface area (Å²) in [6, 6.07) is 46.5. The second-order valence-electron chi connectivity index (χ2n) is 11.0. The van der Waals surface area contributed by atoms with E-state index in [-0.39, 0.29) is 5.41 Å². The highest BCUT2D eigenvalue weighted by Crippen LogP contribution is 2.31. The molecule has 1 aromatic heterocycles. The predicted octanol–water partition coefficient (Wildman–Crippen LogP) is 9.50. The van der Waals surface area contributed by atoms with Crippen molar-refractivity contribution in [3.05, 3.63) is 139 Å². The van der Waals surface area contributed by atoms with Gasteiger partial charge >= 0.3 is 0 Å². The molecule has 0 atom stereocenters. The van der Waals surface area contributed by atoms with Crippen molar-refractivity contribution in [3.8, 4) is 56.2 Å². The van der Waals surface area contributed by atoms with E-state index in [2.05, 4.69) is 142 Å². The van der Waals surface area contributed by atoms with Crippen LogP contribution in [0.25, 0.3) is 56.2 Å². The standard InChI is InChI=1S/C37H31N3/c1-37(2,3)36-39-34(38-35(40-36)33-19-11-18-32(25-33)27-14-8-5-9-15-27)29-22-20-28(21-23-29)31-17-10-16-30(24-31)26-12-6-4-7-13-26/h4-25H,1-3H3. The molecular formula is C37H31N3. The molecule has 3 nitrogen and oxygen atoms in total. The highest BCUT2D eigenvalue weighted by Gasteiger charge is 2.21. The molecule has 0 unspecified atom stereocenters. The molecule has 0 aliphatic heterocycles. The van der Waals surface area contributed by atoms with E-state index in [9.17, 15) is 0 Å². The van der Waals surface area contributed by atoms with E-state index in [4.69, 9.17) is 15.0 Å². The van der Waals surface area contributed by atoms with E-state index in [1.807, 2.05) is 12.1 Å². The fraction of sp³-hybridized carbons (Fsp3) is 0.108. The van der Waals surface area contributed by atoms with Crippen LogP contribution in [-0.2, 0) is 5.41 Å². The third-order valence-corrected chi connectivity index (χ3v) is 6.98. The quantitative estimate of drug-likeness (QED) is 0.229. The molecule has 1 heterocycles. The first-order valence-electron chi connectivity index (χ1n) is 13.6. The van der Waals surface area contributed by atoms with Gasteiger partial charge in [-0.2, -0.15) is 0 Å². The molecule has 0 aliphatic rings. The van der Waals surface area contributed by atoms with Crippen LogP contribution in [0.4, 0.5) is 0 Å². The van der Waals surface area contributed by atoms with Crippen LogP contribution in [0.5, 0.6) is 0 Å². The lowest BCUT2D eigenvalue weighted by Gasteiger charge is -2.18. The summed E-state index contributed by atoms with van der Waals surface area (Å²) in [5.41, 5.74) is 8.78. The molecule has 3 heteroatoms. The van der Waals surface area contributed by atoms with Gasteiger partial charge in [0, 0.05) is 16.5 Å². The van der Waals surface area contributed by atoms with Crippen LogP contribution in [0.3, 0.4) is 0 Å². The first-order chi connectivity index (χ1) is 19.4. The fourth-order valence-corrected chi connectivity index (χ4v) is 4.76. The number of aromatic nitrogens is 3. The Morgan fingerprint density at radius 1 is 0.350 bits per heavy atom. The van der Waals surface area contributed by atoms with E-state index in [0.29, 0.717) is 11.6 Å². The zero-order chi connectivity index (χ0) is 27.5. The van der Waals surface area contributed by atoms with Crippen molar-refractivity contribution in [1.82, 2.24) is 15.0 Å². The minimum Gasteiger partial charge on any atom is -0.212 e. The minimum atomic E-state index is -0.221. The van der Waals surface area contributed by atoms with E-state index >= 15 is 0 Å². The first kappa shape index (κ1) is 25.4. The van der Waals surface area contributed by atoms with Crippen LogP contribution in [0, 0.1) is 0 Å². The van der Waals surface area contributed by atoms with Gasteiger partial charge in [-0.25, -0.2) is 15.0 Å². The van der Waals surface area contributed by atoms with Gasteiger partial charge < -0.3 is 0 Å². The summed E-state index contributed by atoms with van der Waals surface area (Å²) in [7, 11) is 0. The molecule has 0 radical (unpaired) electrons. The van der Waals surface area contributed by atoms with Crippen molar-refractivity contribution >= 4 is 0 Å². The molecule has 0 spiro atoms. The van der Waals surface area contributed by atoms with Gasteiger partial charge in [0.25, 0.3) is 0 Å². The second kappa shape index (κ2) is 10.7. The molecule has 0 bridgehead atoms. The van der Waals surface area contributed by atoms with Gasteiger partial charge in [-0.1, -0.05) is 142 Å². The minimum absolute atomic E-state index is 0.221. The van der Waals surface area contributed by atoms with Gasteiger partial charge in [-0.05, 0) is 45.5 Å². The summed E-state index contributed by atoms with van der Waals surface area (Å²) in [4.78, 5) is 14.8. The van der Waals surface area contributed by atoms with Gasteiger partial charge in [-0.15, -0.1) is 0 Å². The van der Waals surface area contributed by atoms with Gasteiger partial charge in [0.15, 0.2) is 11.6 Å². The van der Waals surface area contributed by atoms with Gasteiger partial charge in [0.2, 0.25) is 0 Å². The number of rotatable bonds is 5. The summed E-state index contributed by atoms with van der Waals surface area (Å²) >= 11 is 0. The third kappa shape index (κ3) is 5.45. The largest absolute Gasteiger partial charge is 0.212 e. The monoisotopic (exact) mass is 517 g/mol. The maximum absolute atomic E-state index is 4.96. The van der Waals surface area contributed by atoms with Crippen molar-refractivity contribution in [3.63, 3.8) is 0 Å². The molecule has 0 N–H and O–H groups in total. The van der Waals surface area contributed by atoms with Gasteiger partial charge in [0.1, 0.15) is 5.82 Å². The molecule has 6 rings (SSSR count). The Kier molecular flexibility index (Phi) is 6.79. The molecule has 194 valence electrons. The predicted molar refractivity (Wildman–Crippen MR) is 166 cm³/mol. The lowest BCUT2D eigenvalue weighted by molar-refractivity contribution is 0.543. The lowest BCUT2D eigenvalue weighted by Crippen LogP contribution is -2.18. The Bertz CT molecular complexity index is 1750. The highest BCUT2D eigenvalue weighted by atomic mass is 15.0. The maximum atomic E-state index is 4.96. The average molecular weight is 518 g/mol. The number of hydrogen-bond donors (Lipinski definition) is 0. The molecule has 0 aliphatic carbocycles. The van der Waals surface area contributed by atoms with Crippen LogP contribution < -0.4 is 0 Å². The Balaban J connectivity index is 1.37. The maximum Gasteiger partial charge on any atom is 0.163 e. The van der Waals surface area contributed by atoms with E-state index in [1.54, 1.807) is 0 Å². The molecule has 0 amide bonds. The molecule has 6 aromatic rings. The van der Waals surface area contributed by atoms with Crippen molar-refractivity contribution in [2.75, 3.05) is 0 Å². The van der Waals surface area contributed by atoms with Crippen molar-refractivity contribution in [1.29, 1.82) is 0 Å². The summed E-state index contributed by atoms with van der Waals surface area (Å²) in [6.45, 7) is 6.41. The Morgan fingerprint density at radius 2 is 0.725 bits per heavy atom. The SMILES string of the molecule is CC(C)(C)c1nc(-c2ccc(-c3cccc(-c4ccccc4)c3)cc2)nc(-c2cccc(-c3ccccc3)c2)n1. The van der Waals surface area contributed by atoms with Gasteiger partial charge in [-0.3, -0.25) is 0 Å². The summed E-state index contributed by atoms with van der Waals surface area (Å²) in [6.07, 6.45) is 0. The van der Waals surface area contributed by atoms with Crippen LogP contribution >= 0.6 is 0 Å². The Morgan fingerprint density at radius 3 is 1.23 bits per heavy atom. The molecule has 0 saturated heterocycles. The Hall–Kier alpha value is -4.89. The highest BCUT2D eigenvalue weighted by molar-refractivity contribution is 5.75. The molecule has 5 aromatic carbocycles. The summed E-state index contributed by atoms with van der Waals surface area (Å²) < 4.78 is 0. The molecular weight excluding hydrogens is 486 g/mol. The van der Waals surface area contributed by atoms with Crippen LogP contribution in [0.1, 0.15) is 26.6 Å². The number of hydrogen-bond acceptors (Lipinski definition) is 3. The van der Waals surface area contributed by atoms with E-state index < -0.39 is 0 Å². The zero-order valence-electron chi connectivity index (χ0n) is 23.0. The fourth-order valence-electron chi connectivity index (χ4n) is 4.76. The number of nitrogens with zero attached hydrogens (tertiary/aromatic N) is 3. The van der Waals surface area contributed by atoms with Crippen molar-refractivity contribution in [2.24, 2.45) is 0 Å². The summed E-state index contributed by atoms with van der Waals surface area (Å²) in [5.74, 6) is 2.15. The van der Waals surface area contributed by atoms with Crippen molar-refractivity contribution in [2.45, 2.75) is 26.2 Å². The normalized spacial score (nSPS) is 11.4. The number of benzene rings is 5. The third-order valence-electron chi connectivity index (χ3n) is 6.98. The van der Waals surface area contributed by atoms with Crippen LogP contribution in [0.15, 0.2) is 133 Å². The molecule has 40 heavy (non-hydrogen) atoms. The summed E-state index contributed by atoms with van der Waals surface area (Å²) in [5, 5.41) is 0. The van der Waals surface area contributed by atoms with Crippen LogP contribution in [0.2, 0.25) is 0 Å². The smallest absolute Gasteiger partial charge is 0.163 e. The van der Waals surface area contributed by atoms with Crippen LogP contribution in [-0.4, -0.2) is 15.0 Å². The van der Waals surface area contributed by atoms with E-state index in [1.165, 1.54) is 22.3 Å². The average Bonchev–Trinajstić information content (AvgIpc) is 3.01. The van der Waals surface area contributed by atoms with Crippen molar-refractivity contribution < 1.29 is 0 Å². The Labute approximate surface area is 236 Å². The zero-order valence-corrected chi connectivity index (χ0v) is 23.0. The second-order valence-corrected chi connectivity index (χ2v) is 11.0.